The highest BCUT2D eigenvalue weighted by atomic mass is 16.5. The summed E-state index contributed by atoms with van der Waals surface area (Å²) in [5.74, 6) is -1.55. The molecule has 2 rings (SSSR count). The van der Waals surface area contributed by atoms with Crippen molar-refractivity contribution in [1.82, 2.24) is 0 Å². The highest BCUT2D eigenvalue weighted by Crippen LogP contribution is 2.21. The van der Waals surface area contributed by atoms with E-state index in [1.54, 1.807) is 0 Å². The van der Waals surface area contributed by atoms with Gasteiger partial charge < -0.3 is 14.8 Å². The number of hydrogen-bond acceptors (Lipinski definition) is 5. The molecule has 0 spiro atoms. The zero-order valence-electron chi connectivity index (χ0n) is 15.2. The molecule has 26 heavy (non-hydrogen) atoms. The molecule has 0 aromatic heterocycles. The number of methoxy groups -OCH3 is 1. The van der Waals surface area contributed by atoms with E-state index in [2.05, 4.69) is 10.1 Å². The highest BCUT2D eigenvalue weighted by molar-refractivity contribution is 5.97. The predicted molar refractivity (Wildman–Crippen MR) is 97.3 cm³/mol. The number of aryl methyl sites for hydroxylation is 3. The summed E-state index contributed by atoms with van der Waals surface area (Å²) in [6.07, 6.45) is 0. The molecule has 0 heterocycles. The summed E-state index contributed by atoms with van der Waals surface area (Å²) in [4.78, 5) is 35.5. The van der Waals surface area contributed by atoms with Gasteiger partial charge in [-0.05, 0) is 56.2 Å². The number of carbonyl (C=O) groups is 3. The molecule has 2 aromatic rings. The lowest BCUT2D eigenvalue weighted by atomic mass is 10.1. The van der Waals surface area contributed by atoms with Gasteiger partial charge in [0.05, 0.1) is 18.2 Å². The predicted octanol–water partition coefficient (Wildman–Crippen LogP) is 3.19. The van der Waals surface area contributed by atoms with E-state index >= 15 is 0 Å². The lowest BCUT2D eigenvalue weighted by Crippen LogP contribution is -2.22. The summed E-state index contributed by atoms with van der Waals surface area (Å²) in [6.45, 7) is 5.40. The summed E-state index contributed by atoms with van der Waals surface area (Å²) in [5, 5.41) is 2.77. The summed E-state index contributed by atoms with van der Waals surface area (Å²) in [6, 6.07) is 9.75. The molecule has 2 aromatic carbocycles. The molecule has 0 aliphatic heterocycles. The Bertz CT molecular complexity index is 817. The lowest BCUT2D eigenvalue weighted by molar-refractivity contribution is -0.119. The first-order valence-electron chi connectivity index (χ1n) is 8.05. The van der Waals surface area contributed by atoms with Gasteiger partial charge in [-0.1, -0.05) is 17.7 Å². The third-order valence-electron chi connectivity index (χ3n) is 3.82. The molecule has 0 radical (unpaired) electrons. The number of esters is 2. The van der Waals surface area contributed by atoms with Crippen molar-refractivity contribution in [3.05, 3.63) is 64.2 Å². The number of anilines is 1. The minimum absolute atomic E-state index is 0.244. The molecule has 0 aliphatic rings. The normalized spacial score (nSPS) is 10.2. The van der Waals surface area contributed by atoms with Crippen molar-refractivity contribution in [1.29, 1.82) is 0 Å². The van der Waals surface area contributed by atoms with Gasteiger partial charge in [0, 0.05) is 5.69 Å². The van der Waals surface area contributed by atoms with Crippen LogP contribution in [0.4, 0.5) is 5.69 Å². The Balaban J connectivity index is 1.95. The summed E-state index contributed by atoms with van der Waals surface area (Å²) in [7, 11) is 1.28. The first-order chi connectivity index (χ1) is 12.3. The average Bonchev–Trinajstić information content (AvgIpc) is 2.62. The minimum atomic E-state index is -0.645. The second kappa shape index (κ2) is 8.29. The fourth-order valence-electron chi connectivity index (χ4n) is 2.63. The molecule has 0 bridgehead atoms. The van der Waals surface area contributed by atoms with Crippen molar-refractivity contribution in [2.24, 2.45) is 0 Å². The molecule has 1 amide bonds. The first-order valence-corrected chi connectivity index (χ1v) is 8.05. The molecule has 0 atom stereocenters. The first kappa shape index (κ1) is 19.2. The van der Waals surface area contributed by atoms with Crippen molar-refractivity contribution in [2.45, 2.75) is 20.8 Å². The molecular weight excluding hydrogens is 334 g/mol. The molecule has 0 saturated heterocycles. The van der Waals surface area contributed by atoms with Crippen LogP contribution >= 0.6 is 0 Å². The van der Waals surface area contributed by atoms with E-state index < -0.39 is 24.5 Å². The van der Waals surface area contributed by atoms with E-state index in [1.807, 2.05) is 32.9 Å². The highest BCUT2D eigenvalue weighted by Gasteiger charge is 2.13. The van der Waals surface area contributed by atoms with Crippen LogP contribution in [-0.2, 0) is 14.3 Å². The van der Waals surface area contributed by atoms with E-state index in [4.69, 9.17) is 4.74 Å². The minimum Gasteiger partial charge on any atom is -0.465 e. The van der Waals surface area contributed by atoms with Crippen LogP contribution in [0.15, 0.2) is 36.4 Å². The Labute approximate surface area is 152 Å². The summed E-state index contributed by atoms with van der Waals surface area (Å²) >= 11 is 0. The number of rotatable bonds is 5. The van der Waals surface area contributed by atoms with E-state index in [0.29, 0.717) is 5.56 Å². The monoisotopic (exact) mass is 355 g/mol. The molecule has 6 heteroatoms. The van der Waals surface area contributed by atoms with Crippen molar-refractivity contribution < 1.29 is 23.9 Å². The second-order valence-corrected chi connectivity index (χ2v) is 5.97. The molecule has 6 nitrogen and oxygen atoms in total. The average molecular weight is 355 g/mol. The number of amides is 1. The van der Waals surface area contributed by atoms with Crippen molar-refractivity contribution in [3.8, 4) is 0 Å². The number of hydrogen-bond donors (Lipinski definition) is 1. The molecule has 0 fully saturated rings. The van der Waals surface area contributed by atoms with E-state index in [0.717, 1.165) is 22.4 Å². The molecule has 0 saturated carbocycles. The summed E-state index contributed by atoms with van der Waals surface area (Å²) < 4.78 is 9.62. The van der Waals surface area contributed by atoms with E-state index in [1.165, 1.54) is 31.4 Å². The zero-order chi connectivity index (χ0) is 19.3. The third-order valence-corrected chi connectivity index (χ3v) is 3.82. The van der Waals surface area contributed by atoms with Crippen molar-refractivity contribution in [3.63, 3.8) is 0 Å². The van der Waals surface area contributed by atoms with Crippen LogP contribution in [0.1, 0.15) is 37.4 Å². The van der Waals surface area contributed by atoms with Crippen LogP contribution < -0.4 is 5.32 Å². The van der Waals surface area contributed by atoms with Gasteiger partial charge in [-0.25, -0.2) is 9.59 Å². The van der Waals surface area contributed by atoms with Crippen molar-refractivity contribution >= 4 is 23.5 Å². The number of benzene rings is 2. The summed E-state index contributed by atoms with van der Waals surface area (Å²) in [5.41, 5.74) is 4.29. The molecule has 0 unspecified atom stereocenters. The topological polar surface area (TPSA) is 81.7 Å². The molecular formula is C20H21NO5. The Hall–Kier alpha value is -3.15. The van der Waals surface area contributed by atoms with Crippen LogP contribution in [0.25, 0.3) is 0 Å². The van der Waals surface area contributed by atoms with Gasteiger partial charge >= 0.3 is 11.9 Å². The second-order valence-electron chi connectivity index (χ2n) is 5.97. The molecule has 1 N–H and O–H groups in total. The Morgan fingerprint density at radius 2 is 1.38 bits per heavy atom. The smallest absolute Gasteiger partial charge is 0.338 e. The Morgan fingerprint density at radius 3 is 1.88 bits per heavy atom. The third kappa shape index (κ3) is 4.69. The Kier molecular flexibility index (Phi) is 6.11. The van der Waals surface area contributed by atoms with Gasteiger partial charge in [0.2, 0.25) is 0 Å². The van der Waals surface area contributed by atoms with Crippen LogP contribution in [-0.4, -0.2) is 31.6 Å². The maximum Gasteiger partial charge on any atom is 0.338 e. The largest absolute Gasteiger partial charge is 0.465 e. The maximum absolute atomic E-state index is 12.1. The van der Waals surface area contributed by atoms with Crippen LogP contribution in [0.3, 0.4) is 0 Å². The number of nitrogens with one attached hydrogen (secondary N) is 1. The van der Waals surface area contributed by atoms with E-state index in [-0.39, 0.29) is 5.56 Å². The van der Waals surface area contributed by atoms with Gasteiger partial charge in [0.1, 0.15) is 0 Å². The quantitative estimate of drug-likeness (QED) is 0.833. The van der Waals surface area contributed by atoms with Gasteiger partial charge in [0.15, 0.2) is 6.61 Å². The van der Waals surface area contributed by atoms with E-state index in [9.17, 15) is 14.4 Å². The SMILES string of the molecule is COC(=O)c1ccc(C(=O)OCC(=O)Nc2c(C)cc(C)cc2C)cc1. The van der Waals surface area contributed by atoms with Crippen LogP contribution in [0.5, 0.6) is 0 Å². The fraction of sp³-hybridized carbons (Fsp3) is 0.250. The number of ether oxygens (including phenoxy) is 2. The van der Waals surface area contributed by atoms with Crippen molar-refractivity contribution in [2.75, 3.05) is 19.0 Å². The van der Waals surface area contributed by atoms with Gasteiger partial charge in [-0.2, -0.15) is 0 Å². The van der Waals surface area contributed by atoms with Gasteiger partial charge in [0.25, 0.3) is 5.91 Å². The maximum atomic E-state index is 12.1. The Morgan fingerprint density at radius 1 is 0.885 bits per heavy atom. The van der Waals surface area contributed by atoms with Crippen LogP contribution in [0.2, 0.25) is 0 Å². The van der Waals surface area contributed by atoms with Gasteiger partial charge in [-0.15, -0.1) is 0 Å². The standard InChI is InChI=1S/C20H21NO5/c1-12-9-13(2)18(14(3)10-12)21-17(22)11-26-20(24)16-7-5-15(6-8-16)19(23)25-4/h5-10H,11H2,1-4H3,(H,21,22). The van der Waals surface area contributed by atoms with Gasteiger partial charge in [-0.3, -0.25) is 4.79 Å². The lowest BCUT2D eigenvalue weighted by Gasteiger charge is -2.13. The zero-order valence-corrected chi connectivity index (χ0v) is 15.2. The number of carbonyl (C=O) groups excluding carboxylic acids is 3. The molecule has 136 valence electrons. The van der Waals surface area contributed by atoms with Crippen LogP contribution in [0, 0.1) is 20.8 Å². The fourth-order valence-corrected chi connectivity index (χ4v) is 2.63. The molecule has 0 aliphatic carbocycles.